The van der Waals surface area contributed by atoms with Crippen molar-refractivity contribution >= 4 is 21.9 Å². The number of imidazole rings is 1. The van der Waals surface area contributed by atoms with E-state index in [0.717, 1.165) is 65.8 Å². The number of pyridine rings is 2. The number of ether oxygens (including phenoxy) is 2. The molecule has 6 aromatic rings. The van der Waals surface area contributed by atoms with Crippen molar-refractivity contribution in [3.05, 3.63) is 72.9 Å². The van der Waals surface area contributed by atoms with Gasteiger partial charge < -0.3 is 24.7 Å². The smallest absolute Gasteiger partial charge is 0.159 e. The largest absolute Gasteiger partial charge is 0.492 e. The SMILES string of the molecule is CN(C)CCOc1cc(F)cc(-c2nccc3[nH]c(-c4n[nH]c5ccc(-c6cncc(OC7CCNCC7)c6)cc45)nc23)c1. The Kier molecular flexibility index (Phi) is 7.63. The highest BCUT2D eigenvalue weighted by molar-refractivity contribution is 5.97. The van der Waals surface area contributed by atoms with Crippen molar-refractivity contribution in [2.24, 2.45) is 0 Å². The molecule has 0 atom stereocenters. The molecule has 1 aliphatic heterocycles. The van der Waals surface area contributed by atoms with Crippen LogP contribution in [0.5, 0.6) is 11.5 Å². The molecule has 3 N–H and O–H groups in total. The molecule has 1 saturated heterocycles. The summed E-state index contributed by atoms with van der Waals surface area (Å²) in [5.41, 5.74) is 6.02. The third-order valence-corrected chi connectivity index (χ3v) is 7.78. The predicted octanol–water partition coefficient (Wildman–Crippen LogP) is 5.44. The molecule has 44 heavy (non-hydrogen) atoms. The topological polar surface area (TPSA) is 117 Å². The predicted molar refractivity (Wildman–Crippen MR) is 168 cm³/mol. The van der Waals surface area contributed by atoms with Crippen LogP contribution in [0.1, 0.15) is 12.8 Å². The van der Waals surface area contributed by atoms with Gasteiger partial charge in [-0.05, 0) is 82.0 Å². The molecule has 5 heterocycles. The number of piperidine rings is 1. The molecule has 0 radical (unpaired) electrons. The number of benzene rings is 2. The molecular formula is C33H33FN8O2. The number of likely N-dealkylation sites (N-methyl/N-ethyl adjacent to an activating group) is 1. The Morgan fingerprint density at radius 3 is 2.64 bits per heavy atom. The van der Waals surface area contributed by atoms with Crippen LogP contribution in [0.2, 0.25) is 0 Å². The van der Waals surface area contributed by atoms with E-state index in [1.165, 1.54) is 12.1 Å². The molecule has 2 aromatic carbocycles. The second-order valence-electron chi connectivity index (χ2n) is 11.3. The lowest BCUT2D eigenvalue weighted by Gasteiger charge is -2.23. The zero-order valence-electron chi connectivity index (χ0n) is 24.6. The van der Waals surface area contributed by atoms with Crippen LogP contribution < -0.4 is 14.8 Å². The van der Waals surface area contributed by atoms with E-state index in [-0.39, 0.29) is 6.10 Å². The highest BCUT2D eigenvalue weighted by Gasteiger charge is 2.18. The minimum atomic E-state index is -0.401. The molecule has 11 heteroatoms. The van der Waals surface area contributed by atoms with Crippen LogP contribution in [0.4, 0.5) is 4.39 Å². The maximum atomic E-state index is 14.6. The molecule has 7 rings (SSSR count). The highest BCUT2D eigenvalue weighted by Crippen LogP contribution is 2.34. The first-order valence-corrected chi connectivity index (χ1v) is 14.7. The van der Waals surface area contributed by atoms with Crippen LogP contribution in [-0.4, -0.2) is 81.5 Å². The molecule has 224 valence electrons. The van der Waals surface area contributed by atoms with Crippen molar-refractivity contribution < 1.29 is 13.9 Å². The van der Waals surface area contributed by atoms with E-state index < -0.39 is 5.82 Å². The van der Waals surface area contributed by atoms with Gasteiger partial charge in [0.25, 0.3) is 0 Å². The molecule has 0 spiro atoms. The van der Waals surface area contributed by atoms with E-state index in [4.69, 9.17) is 14.5 Å². The van der Waals surface area contributed by atoms with Gasteiger partial charge >= 0.3 is 0 Å². The lowest BCUT2D eigenvalue weighted by atomic mass is 10.0. The lowest BCUT2D eigenvalue weighted by Crippen LogP contribution is -2.34. The van der Waals surface area contributed by atoms with E-state index in [1.54, 1.807) is 18.5 Å². The van der Waals surface area contributed by atoms with Gasteiger partial charge in [0.1, 0.15) is 41.2 Å². The average molecular weight is 593 g/mol. The zero-order valence-corrected chi connectivity index (χ0v) is 24.6. The summed E-state index contributed by atoms with van der Waals surface area (Å²) in [5.74, 6) is 1.39. The zero-order chi connectivity index (χ0) is 30.0. The molecule has 0 bridgehead atoms. The number of aromatic amines is 2. The Labute approximate surface area is 253 Å². The summed E-state index contributed by atoms with van der Waals surface area (Å²) < 4.78 is 26.7. The fraction of sp³-hybridized carbons (Fsp3) is 0.273. The van der Waals surface area contributed by atoms with Crippen molar-refractivity contribution in [2.75, 3.05) is 40.3 Å². The first-order chi connectivity index (χ1) is 21.5. The Bertz CT molecular complexity index is 1930. The molecule has 0 aliphatic carbocycles. The van der Waals surface area contributed by atoms with Gasteiger partial charge in [-0.3, -0.25) is 15.1 Å². The van der Waals surface area contributed by atoms with E-state index in [2.05, 4.69) is 36.5 Å². The Balaban J connectivity index is 1.21. The average Bonchev–Trinajstić information content (AvgIpc) is 3.65. The van der Waals surface area contributed by atoms with Gasteiger partial charge in [-0.2, -0.15) is 5.10 Å². The normalized spacial score (nSPS) is 14.1. The second kappa shape index (κ2) is 12.0. The number of H-pyrrole nitrogens is 2. The summed E-state index contributed by atoms with van der Waals surface area (Å²) in [7, 11) is 3.92. The van der Waals surface area contributed by atoms with Crippen LogP contribution in [0, 0.1) is 5.82 Å². The molecule has 0 saturated carbocycles. The van der Waals surface area contributed by atoms with E-state index >= 15 is 0 Å². The van der Waals surface area contributed by atoms with Crippen molar-refractivity contribution in [3.8, 4) is 45.4 Å². The number of fused-ring (bicyclic) bond motifs is 2. The molecule has 0 unspecified atom stereocenters. The quantitative estimate of drug-likeness (QED) is 0.203. The Morgan fingerprint density at radius 1 is 0.909 bits per heavy atom. The first-order valence-electron chi connectivity index (χ1n) is 14.7. The summed E-state index contributed by atoms with van der Waals surface area (Å²) in [5, 5.41) is 12.0. The monoisotopic (exact) mass is 592 g/mol. The summed E-state index contributed by atoms with van der Waals surface area (Å²) in [6, 6.07) is 14.6. The summed E-state index contributed by atoms with van der Waals surface area (Å²) >= 11 is 0. The number of rotatable bonds is 9. The fourth-order valence-electron chi connectivity index (χ4n) is 5.51. The van der Waals surface area contributed by atoms with Crippen molar-refractivity contribution in [1.82, 2.24) is 40.3 Å². The second-order valence-corrected chi connectivity index (χ2v) is 11.3. The summed E-state index contributed by atoms with van der Waals surface area (Å²) in [6.45, 7) is 3.09. The van der Waals surface area contributed by atoms with Gasteiger partial charge in [0.2, 0.25) is 0 Å². The third-order valence-electron chi connectivity index (χ3n) is 7.78. The Hall–Kier alpha value is -4.87. The molecule has 10 nitrogen and oxygen atoms in total. The fourth-order valence-corrected chi connectivity index (χ4v) is 5.51. The first kappa shape index (κ1) is 27.9. The maximum Gasteiger partial charge on any atom is 0.159 e. The molecule has 4 aromatic heterocycles. The summed E-state index contributed by atoms with van der Waals surface area (Å²) in [4.78, 5) is 19.3. The number of hydrogen-bond acceptors (Lipinski definition) is 8. The third kappa shape index (κ3) is 5.84. The lowest BCUT2D eigenvalue weighted by molar-refractivity contribution is 0.162. The van der Waals surface area contributed by atoms with Gasteiger partial charge in [0.15, 0.2) is 5.82 Å². The molecular weight excluding hydrogens is 559 g/mol. The standard InChI is InChI=1S/C33H33FN8O2/c1-42(2)11-12-43-25-14-21(13-23(34)17-25)30-32-29(7-10-37-30)38-33(39-32)31-27-16-20(3-4-28(27)40-41-31)22-15-26(19-36-18-22)44-24-5-8-35-9-6-24/h3-4,7,10,13-19,24,35H,5-6,8-9,11-12H2,1-2H3,(H,38,39)(H,40,41). The van der Waals surface area contributed by atoms with Gasteiger partial charge in [0, 0.05) is 41.5 Å². The van der Waals surface area contributed by atoms with E-state index in [0.29, 0.717) is 40.6 Å². The van der Waals surface area contributed by atoms with Crippen LogP contribution in [0.3, 0.4) is 0 Å². The van der Waals surface area contributed by atoms with Crippen LogP contribution in [-0.2, 0) is 0 Å². The number of nitrogens with zero attached hydrogens (tertiary/aromatic N) is 5. The minimum Gasteiger partial charge on any atom is -0.492 e. The Morgan fingerprint density at radius 2 is 1.77 bits per heavy atom. The van der Waals surface area contributed by atoms with Gasteiger partial charge in [-0.1, -0.05) is 6.07 Å². The molecule has 0 amide bonds. The highest BCUT2D eigenvalue weighted by atomic mass is 19.1. The van der Waals surface area contributed by atoms with Crippen molar-refractivity contribution in [3.63, 3.8) is 0 Å². The van der Waals surface area contributed by atoms with Gasteiger partial charge in [0.05, 0.1) is 22.9 Å². The molecule has 1 fully saturated rings. The van der Waals surface area contributed by atoms with Gasteiger partial charge in [-0.15, -0.1) is 0 Å². The maximum absolute atomic E-state index is 14.6. The van der Waals surface area contributed by atoms with Crippen LogP contribution in [0.15, 0.2) is 67.1 Å². The van der Waals surface area contributed by atoms with Gasteiger partial charge in [-0.25, -0.2) is 9.37 Å². The number of nitrogens with one attached hydrogen (secondary N) is 3. The van der Waals surface area contributed by atoms with Crippen LogP contribution >= 0.6 is 0 Å². The minimum absolute atomic E-state index is 0.193. The van der Waals surface area contributed by atoms with Crippen molar-refractivity contribution in [2.45, 2.75) is 18.9 Å². The van der Waals surface area contributed by atoms with E-state index in [1.807, 2.05) is 49.5 Å². The van der Waals surface area contributed by atoms with Crippen LogP contribution in [0.25, 0.3) is 55.8 Å². The van der Waals surface area contributed by atoms with Crippen molar-refractivity contribution in [1.29, 1.82) is 0 Å². The van der Waals surface area contributed by atoms with E-state index in [9.17, 15) is 4.39 Å². The number of halogens is 1. The molecule has 1 aliphatic rings. The summed E-state index contributed by atoms with van der Waals surface area (Å²) in [6.07, 6.45) is 7.45. The number of aromatic nitrogens is 6. The number of hydrogen-bond donors (Lipinski definition) is 3.